The molecule has 0 fully saturated rings. The summed E-state index contributed by atoms with van der Waals surface area (Å²) in [5, 5.41) is 0.929. The van der Waals surface area contributed by atoms with Crippen molar-refractivity contribution in [2.24, 2.45) is 0 Å². The lowest BCUT2D eigenvalue weighted by molar-refractivity contribution is 0.415. The van der Waals surface area contributed by atoms with Gasteiger partial charge in [0.1, 0.15) is 5.75 Å². The van der Waals surface area contributed by atoms with Crippen LogP contribution in [0.3, 0.4) is 0 Å². The summed E-state index contributed by atoms with van der Waals surface area (Å²) in [6, 6.07) is 5.50. The van der Waals surface area contributed by atoms with Gasteiger partial charge >= 0.3 is 0 Å². The van der Waals surface area contributed by atoms with E-state index >= 15 is 0 Å². The maximum Gasteiger partial charge on any atom is 0.200 e. The number of H-pyrrole nitrogens is 1. The molecule has 5 heteroatoms. The van der Waals surface area contributed by atoms with Crippen molar-refractivity contribution in [3.05, 3.63) is 34.2 Å². The number of hydrogen-bond acceptors (Lipinski definition) is 2. The molecule has 0 saturated heterocycles. The molecule has 2 rings (SSSR count). The third-order valence-corrected chi connectivity index (χ3v) is 2.76. The number of rotatable bonds is 2. The third-order valence-electron chi connectivity index (χ3n) is 2.28. The molecule has 0 amide bonds. The number of ether oxygens (including phenoxy) is 1. The van der Waals surface area contributed by atoms with Crippen LogP contribution in [0.2, 0.25) is 10.3 Å². The predicted octanol–water partition coefficient (Wildman–Crippen LogP) is 3.70. The van der Waals surface area contributed by atoms with Gasteiger partial charge in [-0.25, -0.2) is 4.98 Å². The average Bonchev–Trinajstić information content (AvgIpc) is 2.58. The van der Waals surface area contributed by atoms with E-state index in [1.807, 2.05) is 13.0 Å². The molecule has 0 radical (unpaired) electrons. The van der Waals surface area contributed by atoms with Crippen LogP contribution in [0.5, 0.6) is 5.75 Å². The summed E-state index contributed by atoms with van der Waals surface area (Å²) in [4.78, 5) is 7.12. The molecule has 0 saturated carbocycles. The normalized spacial score (nSPS) is 10.5. The fraction of sp³-hybridized carbons (Fsp3) is 0.182. The molecule has 1 aromatic carbocycles. The Balaban J connectivity index is 2.49. The zero-order chi connectivity index (χ0) is 11.7. The topological polar surface area (TPSA) is 37.9 Å². The molecule has 0 spiro atoms. The summed E-state index contributed by atoms with van der Waals surface area (Å²) in [6.45, 7) is 1.91. The van der Waals surface area contributed by atoms with Gasteiger partial charge in [-0.15, -0.1) is 0 Å². The zero-order valence-corrected chi connectivity index (χ0v) is 10.4. The van der Waals surface area contributed by atoms with Crippen molar-refractivity contribution in [1.29, 1.82) is 0 Å². The Morgan fingerprint density at radius 2 is 2.06 bits per heavy atom. The quantitative estimate of drug-likeness (QED) is 0.890. The highest BCUT2D eigenvalue weighted by molar-refractivity contribution is 6.32. The summed E-state index contributed by atoms with van der Waals surface area (Å²) in [6.07, 6.45) is 0. The molecular weight excluding hydrogens is 247 g/mol. The van der Waals surface area contributed by atoms with Crippen LogP contribution >= 0.6 is 23.2 Å². The molecule has 84 valence electrons. The second-order valence-corrected chi connectivity index (χ2v) is 4.12. The van der Waals surface area contributed by atoms with E-state index in [4.69, 9.17) is 27.9 Å². The summed E-state index contributed by atoms with van der Waals surface area (Å²) < 4.78 is 5.09. The van der Waals surface area contributed by atoms with Crippen LogP contribution in [-0.2, 0) is 0 Å². The Hall–Kier alpha value is -1.19. The molecule has 1 aromatic heterocycles. The highest BCUT2D eigenvalue weighted by Crippen LogP contribution is 2.31. The van der Waals surface area contributed by atoms with Crippen LogP contribution in [-0.4, -0.2) is 17.1 Å². The highest BCUT2D eigenvalue weighted by Gasteiger charge is 2.10. The van der Waals surface area contributed by atoms with Crippen molar-refractivity contribution in [2.45, 2.75) is 6.92 Å². The van der Waals surface area contributed by atoms with Gasteiger partial charge in [0.15, 0.2) is 0 Å². The smallest absolute Gasteiger partial charge is 0.200 e. The van der Waals surface area contributed by atoms with Crippen LogP contribution in [0.25, 0.3) is 11.3 Å². The molecule has 0 aliphatic heterocycles. The molecule has 0 bridgehead atoms. The Kier molecular flexibility index (Phi) is 3.08. The lowest BCUT2D eigenvalue weighted by Gasteiger charge is -2.04. The van der Waals surface area contributed by atoms with Crippen LogP contribution < -0.4 is 4.74 Å². The van der Waals surface area contributed by atoms with E-state index in [9.17, 15) is 0 Å². The van der Waals surface area contributed by atoms with Crippen LogP contribution in [0.1, 0.15) is 5.69 Å². The van der Waals surface area contributed by atoms with E-state index in [1.54, 1.807) is 19.2 Å². The number of benzene rings is 1. The van der Waals surface area contributed by atoms with Gasteiger partial charge in [0.2, 0.25) is 5.28 Å². The highest BCUT2D eigenvalue weighted by atomic mass is 35.5. The Morgan fingerprint density at radius 1 is 1.31 bits per heavy atom. The fourth-order valence-electron chi connectivity index (χ4n) is 1.52. The van der Waals surface area contributed by atoms with Gasteiger partial charge in [0.25, 0.3) is 0 Å². The molecule has 0 aliphatic carbocycles. The molecule has 1 N–H and O–H groups in total. The Bertz CT molecular complexity index is 523. The minimum Gasteiger partial charge on any atom is -0.495 e. The van der Waals surface area contributed by atoms with Crippen molar-refractivity contribution in [3.63, 3.8) is 0 Å². The number of halogens is 2. The molecular formula is C11H10Cl2N2O. The Labute approximate surface area is 103 Å². The predicted molar refractivity (Wildman–Crippen MR) is 65.3 cm³/mol. The SMILES string of the molecule is COc1ccc(-c2nc(Cl)[nH]c2C)cc1Cl. The monoisotopic (exact) mass is 256 g/mol. The van der Waals surface area contributed by atoms with Gasteiger partial charge in [-0.3, -0.25) is 0 Å². The van der Waals surface area contributed by atoms with Crippen molar-refractivity contribution >= 4 is 23.2 Å². The van der Waals surface area contributed by atoms with E-state index < -0.39 is 0 Å². The first kappa shape index (κ1) is 11.3. The zero-order valence-electron chi connectivity index (χ0n) is 8.84. The average molecular weight is 257 g/mol. The number of aryl methyl sites for hydroxylation is 1. The molecule has 0 atom stereocenters. The first-order valence-electron chi connectivity index (χ1n) is 4.68. The minimum absolute atomic E-state index is 0.374. The van der Waals surface area contributed by atoms with E-state index in [1.165, 1.54) is 0 Å². The second kappa shape index (κ2) is 4.36. The number of hydrogen-bond donors (Lipinski definition) is 1. The number of imidazole rings is 1. The molecule has 2 aromatic rings. The van der Waals surface area contributed by atoms with Gasteiger partial charge < -0.3 is 9.72 Å². The van der Waals surface area contributed by atoms with E-state index in [2.05, 4.69) is 9.97 Å². The summed E-state index contributed by atoms with van der Waals surface area (Å²) in [5.74, 6) is 0.643. The fourth-order valence-corrected chi connectivity index (χ4v) is 2.00. The number of methoxy groups -OCH3 is 1. The minimum atomic E-state index is 0.374. The Morgan fingerprint density at radius 3 is 2.56 bits per heavy atom. The van der Waals surface area contributed by atoms with E-state index in [0.717, 1.165) is 17.0 Å². The van der Waals surface area contributed by atoms with Crippen LogP contribution in [0, 0.1) is 6.92 Å². The van der Waals surface area contributed by atoms with Crippen molar-refractivity contribution < 1.29 is 4.74 Å². The summed E-state index contributed by atoms with van der Waals surface area (Å²) >= 11 is 11.8. The summed E-state index contributed by atoms with van der Waals surface area (Å²) in [7, 11) is 1.58. The van der Waals surface area contributed by atoms with Gasteiger partial charge in [-0.05, 0) is 36.7 Å². The maximum absolute atomic E-state index is 6.04. The number of nitrogens with zero attached hydrogens (tertiary/aromatic N) is 1. The van der Waals surface area contributed by atoms with Gasteiger partial charge in [0, 0.05) is 11.3 Å². The standard InChI is InChI=1S/C11H10Cl2N2O/c1-6-10(15-11(13)14-6)7-3-4-9(16-2)8(12)5-7/h3-5H,1-2H3,(H,14,15). The maximum atomic E-state index is 6.04. The summed E-state index contributed by atoms with van der Waals surface area (Å²) in [5.41, 5.74) is 2.62. The van der Waals surface area contributed by atoms with Crippen molar-refractivity contribution in [2.75, 3.05) is 7.11 Å². The lowest BCUT2D eigenvalue weighted by atomic mass is 10.1. The molecule has 16 heavy (non-hydrogen) atoms. The van der Waals surface area contributed by atoms with E-state index in [-0.39, 0.29) is 0 Å². The van der Waals surface area contributed by atoms with E-state index in [0.29, 0.717) is 16.1 Å². The molecule has 3 nitrogen and oxygen atoms in total. The number of nitrogens with one attached hydrogen (secondary N) is 1. The van der Waals surface area contributed by atoms with Crippen LogP contribution in [0.4, 0.5) is 0 Å². The molecule has 0 unspecified atom stereocenters. The van der Waals surface area contributed by atoms with Crippen molar-refractivity contribution in [3.8, 4) is 17.0 Å². The molecule has 1 heterocycles. The molecule has 0 aliphatic rings. The second-order valence-electron chi connectivity index (χ2n) is 3.35. The third kappa shape index (κ3) is 2.01. The largest absolute Gasteiger partial charge is 0.495 e. The van der Waals surface area contributed by atoms with Crippen molar-refractivity contribution in [1.82, 2.24) is 9.97 Å². The number of aromatic nitrogens is 2. The number of aromatic amines is 1. The van der Waals surface area contributed by atoms with Gasteiger partial charge in [-0.1, -0.05) is 11.6 Å². The first-order valence-corrected chi connectivity index (χ1v) is 5.43. The lowest BCUT2D eigenvalue weighted by Crippen LogP contribution is -1.86. The van der Waals surface area contributed by atoms with Crippen LogP contribution in [0.15, 0.2) is 18.2 Å². The first-order chi connectivity index (χ1) is 7.61. The van der Waals surface area contributed by atoms with Gasteiger partial charge in [-0.2, -0.15) is 0 Å². The van der Waals surface area contributed by atoms with Gasteiger partial charge in [0.05, 0.1) is 17.8 Å².